The van der Waals surface area contributed by atoms with E-state index >= 15 is 0 Å². The lowest BCUT2D eigenvalue weighted by Gasteiger charge is -2.61. The quantitative estimate of drug-likeness (QED) is 0.279. The van der Waals surface area contributed by atoms with Gasteiger partial charge in [0.05, 0.1) is 83.9 Å². The molecule has 0 aromatic heterocycles. The number of aliphatic hydroxyl groups is 3. The van der Waals surface area contributed by atoms with Crippen molar-refractivity contribution >= 4 is 22.6 Å². The van der Waals surface area contributed by atoms with Gasteiger partial charge in [0, 0.05) is 45.1 Å². The van der Waals surface area contributed by atoms with Crippen molar-refractivity contribution in [3.05, 3.63) is 22.3 Å². The van der Waals surface area contributed by atoms with Crippen LogP contribution in [0.4, 0.5) is 0 Å². The van der Waals surface area contributed by atoms with Crippen LogP contribution in [-0.4, -0.2) is 129 Å². The van der Waals surface area contributed by atoms with Crippen molar-refractivity contribution in [2.24, 2.45) is 0 Å². The molecule has 11 nitrogen and oxygen atoms in total. The van der Waals surface area contributed by atoms with Crippen LogP contribution in [0.25, 0.3) is 0 Å². The second-order valence-corrected chi connectivity index (χ2v) is 18.2. The SMILES string of the molecule is C[C@@]12O[C@]3(C)C[C@@H]4O[C@@H]5CC[C@@H]6O[C@@H]7C[C@@H]8O[C@H](/C=C\I)[C@@](C)(O)C=C[C@H]8O[C@@]7(C)C[C@@]6(C)O[C@H]5C[C@H]4O[C@H]3C[C@H]1O[C@@H](CCCO)C[C@@H]2O. The Morgan fingerprint density at radius 2 is 1.54 bits per heavy atom. The molecular weight excluding hydrogens is 759 g/mol. The van der Waals surface area contributed by atoms with Crippen molar-refractivity contribution < 1.29 is 53.2 Å². The van der Waals surface area contributed by atoms with Gasteiger partial charge in [-0.1, -0.05) is 34.7 Å². The van der Waals surface area contributed by atoms with Gasteiger partial charge in [0.1, 0.15) is 23.4 Å². The normalized spacial score (nSPS) is 57.5. The molecule has 0 amide bonds. The van der Waals surface area contributed by atoms with Gasteiger partial charge in [0.15, 0.2) is 0 Å². The Kier molecular flexibility index (Phi) is 9.71. The van der Waals surface area contributed by atoms with Crippen LogP contribution >= 0.6 is 22.6 Å². The molecule has 0 aromatic carbocycles. The highest BCUT2D eigenvalue weighted by atomic mass is 127. The Labute approximate surface area is 309 Å². The molecular formula is C38H57IO11. The van der Waals surface area contributed by atoms with E-state index in [0.717, 1.165) is 19.3 Å². The average molecular weight is 817 g/mol. The minimum Gasteiger partial charge on any atom is -0.396 e. The molecule has 8 rings (SSSR count). The van der Waals surface area contributed by atoms with Gasteiger partial charge >= 0.3 is 0 Å². The predicted molar refractivity (Wildman–Crippen MR) is 190 cm³/mol. The summed E-state index contributed by atoms with van der Waals surface area (Å²) in [6, 6.07) is 0. The first-order valence-corrected chi connectivity index (χ1v) is 20.2. The molecule has 50 heavy (non-hydrogen) atoms. The van der Waals surface area contributed by atoms with Crippen LogP contribution in [0.2, 0.25) is 0 Å². The molecule has 7 fully saturated rings. The third-order valence-corrected chi connectivity index (χ3v) is 13.9. The van der Waals surface area contributed by atoms with E-state index in [1.165, 1.54) is 0 Å². The van der Waals surface area contributed by atoms with E-state index in [4.69, 9.17) is 37.9 Å². The Balaban J connectivity index is 0.969. The molecule has 7 saturated heterocycles. The lowest BCUT2D eigenvalue weighted by molar-refractivity contribution is -0.369. The molecule has 0 bridgehead atoms. The van der Waals surface area contributed by atoms with Gasteiger partial charge in [-0.05, 0) is 70.5 Å². The Morgan fingerprint density at radius 1 is 0.760 bits per heavy atom. The summed E-state index contributed by atoms with van der Waals surface area (Å²) in [6.07, 6.45) is 9.36. The molecule has 18 atom stereocenters. The fraction of sp³-hybridized carbons (Fsp3) is 0.895. The summed E-state index contributed by atoms with van der Waals surface area (Å²) in [7, 11) is 0. The number of ether oxygens (including phenoxy) is 8. The Bertz CT molecular complexity index is 1330. The van der Waals surface area contributed by atoms with Crippen LogP contribution in [0.15, 0.2) is 22.3 Å². The standard InChI is InChI=1S/C38H57IO11/c1-34(42)12-10-23-25(45-29(34)11-13-39)17-31-37(4,48-23)20-36(3)30(47-31)9-8-22-26(49-36)16-24-27(44-22)19-35(2)32(46-24)18-33-38(5,50-35)28(41)15-21(43-33)7-6-14-40/h10-13,21-33,40-42H,6-9,14-20H2,1-5H3/b13-11-/t21-,22+,23+,24+,25-,26-,27-,28-,29+,30-,31+,32-,33+,34-,35+,36+,37-,38-/m0/s1. The summed E-state index contributed by atoms with van der Waals surface area (Å²) < 4.78 is 56.4. The molecule has 12 heteroatoms. The Hall–Kier alpha value is -0.230. The van der Waals surface area contributed by atoms with Gasteiger partial charge in [-0.15, -0.1) is 0 Å². The molecule has 8 aliphatic heterocycles. The molecule has 3 N–H and O–H groups in total. The summed E-state index contributed by atoms with van der Waals surface area (Å²) in [5.74, 6) is 0. The minimum atomic E-state index is -1.14. The van der Waals surface area contributed by atoms with Gasteiger partial charge < -0.3 is 53.2 Å². The number of hydrogen-bond donors (Lipinski definition) is 3. The fourth-order valence-electron chi connectivity index (χ4n) is 10.7. The van der Waals surface area contributed by atoms with E-state index in [0.29, 0.717) is 44.9 Å². The predicted octanol–water partition coefficient (Wildman–Crippen LogP) is 4.20. The van der Waals surface area contributed by atoms with Crippen LogP contribution in [0, 0.1) is 0 Å². The van der Waals surface area contributed by atoms with Crippen LogP contribution < -0.4 is 0 Å². The molecule has 0 unspecified atom stereocenters. The van der Waals surface area contributed by atoms with E-state index in [1.807, 2.05) is 29.2 Å². The number of rotatable bonds is 4. The second-order valence-electron chi connectivity index (χ2n) is 17.5. The van der Waals surface area contributed by atoms with E-state index in [-0.39, 0.29) is 73.8 Å². The zero-order valence-electron chi connectivity index (χ0n) is 30.1. The van der Waals surface area contributed by atoms with Crippen LogP contribution in [0.1, 0.15) is 98.8 Å². The van der Waals surface area contributed by atoms with Crippen molar-refractivity contribution in [1.29, 1.82) is 0 Å². The van der Waals surface area contributed by atoms with E-state index in [9.17, 15) is 15.3 Å². The first-order valence-electron chi connectivity index (χ1n) is 19.0. The van der Waals surface area contributed by atoms with Crippen molar-refractivity contribution in [3.63, 3.8) is 0 Å². The zero-order chi connectivity index (χ0) is 35.3. The van der Waals surface area contributed by atoms with Crippen LogP contribution in [-0.2, 0) is 37.9 Å². The third kappa shape index (κ3) is 6.30. The van der Waals surface area contributed by atoms with Gasteiger partial charge in [-0.25, -0.2) is 0 Å². The molecule has 8 heterocycles. The van der Waals surface area contributed by atoms with Crippen molar-refractivity contribution in [1.82, 2.24) is 0 Å². The topological polar surface area (TPSA) is 135 Å². The van der Waals surface area contributed by atoms with Gasteiger partial charge in [-0.3, -0.25) is 0 Å². The van der Waals surface area contributed by atoms with E-state index in [1.54, 1.807) is 6.92 Å². The Morgan fingerprint density at radius 3 is 2.32 bits per heavy atom. The van der Waals surface area contributed by atoms with Crippen molar-refractivity contribution in [2.45, 2.75) is 206 Å². The van der Waals surface area contributed by atoms with Gasteiger partial charge in [0.2, 0.25) is 0 Å². The second kappa shape index (κ2) is 13.2. The summed E-state index contributed by atoms with van der Waals surface area (Å²) >= 11 is 2.16. The number of hydrogen-bond acceptors (Lipinski definition) is 11. The minimum absolute atomic E-state index is 0.0926. The largest absolute Gasteiger partial charge is 0.396 e. The van der Waals surface area contributed by atoms with E-state index < -0.39 is 40.2 Å². The molecule has 0 aliphatic carbocycles. The van der Waals surface area contributed by atoms with Crippen LogP contribution in [0.3, 0.4) is 0 Å². The maximum Gasteiger partial charge on any atom is 0.118 e. The lowest BCUT2D eigenvalue weighted by Crippen LogP contribution is -2.72. The molecule has 0 spiro atoms. The highest BCUT2D eigenvalue weighted by Gasteiger charge is 2.64. The molecule has 0 radical (unpaired) electrons. The maximum atomic E-state index is 11.3. The summed E-state index contributed by atoms with van der Waals surface area (Å²) in [6.45, 7) is 10.3. The highest BCUT2D eigenvalue weighted by molar-refractivity contribution is 14.1. The average Bonchev–Trinajstić information content (AvgIpc) is 3.24. The molecule has 8 aliphatic rings. The number of fused-ring (bicyclic) bond motifs is 7. The molecule has 0 saturated carbocycles. The maximum absolute atomic E-state index is 11.3. The lowest BCUT2D eigenvalue weighted by atomic mass is 9.72. The summed E-state index contributed by atoms with van der Waals surface area (Å²) in [5, 5.41) is 31.8. The molecule has 0 aromatic rings. The number of aliphatic hydroxyl groups excluding tert-OH is 2. The monoisotopic (exact) mass is 816 g/mol. The third-order valence-electron chi connectivity index (χ3n) is 13.5. The van der Waals surface area contributed by atoms with Crippen molar-refractivity contribution in [2.75, 3.05) is 6.61 Å². The van der Waals surface area contributed by atoms with Gasteiger partial charge in [-0.2, -0.15) is 0 Å². The molecule has 282 valence electrons. The van der Waals surface area contributed by atoms with Gasteiger partial charge in [0.25, 0.3) is 0 Å². The highest BCUT2D eigenvalue weighted by Crippen LogP contribution is 2.54. The summed E-state index contributed by atoms with van der Waals surface area (Å²) in [4.78, 5) is 0. The fourth-order valence-corrected chi connectivity index (χ4v) is 11.1. The first kappa shape index (κ1) is 36.7. The zero-order valence-corrected chi connectivity index (χ0v) is 32.2. The smallest absolute Gasteiger partial charge is 0.118 e. The summed E-state index contributed by atoms with van der Waals surface area (Å²) in [5.41, 5.74) is -3.78. The number of halogens is 1. The van der Waals surface area contributed by atoms with Crippen LogP contribution in [0.5, 0.6) is 0 Å². The van der Waals surface area contributed by atoms with Crippen molar-refractivity contribution in [3.8, 4) is 0 Å². The first-order chi connectivity index (χ1) is 23.7. The van der Waals surface area contributed by atoms with E-state index in [2.05, 4.69) is 43.4 Å².